The zero-order chi connectivity index (χ0) is 18.7. The fourth-order valence-corrected chi connectivity index (χ4v) is 4.75. The van der Waals surface area contributed by atoms with Crippen molar-refractivity contribution < 1.29 is 22.2 Å². The third-order valence-corrected chi connectivity index (χ3v) is 6.50. The highest BCUT2D eigenvalue weighted by molar-refractivity contribution is 7.89. The maximum Gasteiger partial charge on any atom is 0.248 e. The lowest BCUT2D eigenvalue weighted by atomic mass is 9.97. The van der Waals surface area contributed by atoms with Crippen LogP contribution < -0.4 is 5.32 Å². The van der Waals surface area contributed by atoms with Crippen molar-refractivity contribution in [2.45, 2.75) is 24.7 Å². The summed E-state index contributed by atoms with van der Waals surface area (Å²) in [5.41, 5.74) is 0.303. The van der Waals surface area contributed by atoms with Gasteiger partial charge in [-0.1, -0.05) is 5.16 Å². The van der Waals surface area contributed by atoms with Crippen molar-refractivity contribution in [2.24, 2.45) is 5.92 Å². The molecule has 0 aliphatic carbocycles. The van der Waals surface area contributed by atoms with E-state index in [-0.39, 0.29) is 35.6 Å². The molecule has 2 aromatic heterocycles. The number of hydrogen-bond acceptors (Lipinski definition) is 6. The number of nitrogens with one attached hydrogen (secondary N) is 1. The van der Waals surface area contributed by atoms with E-state index in [0.717, 1.165) is 0 Å². The summed E-state index contributed by atoms with van der Waals surface area (Å²) in [4.78, 5) is 11.8. The quantitative estimate of drug-likeness (QED) is 0.850. The number of sulfonamides is 1. The van der Waals surface area contributed by atoms with Crippen LogP contribution in [0.3, 0.4) is 0 Å². The Kier molecular flexibility index (Phi) is 5.28. The average Bonchev–Trinajstić information content (AvgIpc) is 3.29. The minimum atomic E-state index is -3.76. The molecule has 0 bridgehead atoms. The molecule has 2 aromatic rings. The monoisotopic (exact) mass is 379 g/mol. The van der Waals surface area contributed by atoms with Gasteiger partial charge < -0.3 is 14.3 Å². The van der Waals surface area contributed by atoms with Gasteiger partial charge in [-0.15, -0.1) is 0 Å². The second-order valence-electron chi connectivity index (χ2n) is 6.10. The van der Waals surface area contributed by atoms with Crippen molar-refractivity contribution in [1.29, 1.82) is 0 Å². The van der Waals surface area contributed by atoms with Crippen molar-refractivity contribution in [3.8, 4) is 0 Å². The molecular formula is C17H21N3O5S. The Morgan fingerprint density at radius 3 is 2.69 bits per heavy atom. The zero-order valence-electron chi connectivity index (χ0n) is 14.6. The van der Waals surface area contributed by atoms with Gasteiger partial charge in [-0.05, 0) is 44.1 Å². The Morgan fingerprint density at radius 1 is 1.35 bits per heavy atom. The molecule has 140 valence electrons. The van der Waals surface area contributed by atoms with Crippen LogP contribution in [0.4, 0.5) is 0 Å². The lowest BCUT2D eigenvalue weighted by molar-refractivity contribution is -0.125. The summed E-state index contributed by atoms with van der Waals surface area (Å²) >= 11 is 0. The van der Waals surface area contributed by atoms with E-state index in [1.165, 1.54) is 16.6 Å². The van der Waals surface area contributed by atoms with Gasteiger partial charge in [0.15, 0.2) is 10.7 Å². The average molecular weight is 379 g/mol. The molecule has 1 aliphatic heterocycles. The molecule has 1 N–H and O–H groups in total. The standard InChI is InChI=1S/C17H21N3O5S/c1-12-16(15(25-19-12)6-5-14-4-3-11-24-14)26(22,23)20-9-7-13(8-10-20)17(21)18-2/h3-6,11,13H,7-10H2,1-2H3,(H,18,21)/b6-5+. The van der Waals surface area contributed by atoms with Crippen molar-refractivity contribution in [2.75, 3.05) is 20.1 Å². The van der Waals surface area contributed by atoms with Crippen LogP contribution in [0.2, 0.25) is 0 Å². The van der Waals surface area contributed by atoms with Gasteiger partial charge in [0.05, 0.1) is 6.26 Å². The van der Waals surface area contributed by atoms with Crippen LogP contribution in [0.25, 0.3) is 12.2 Å². The molecule has 1 amide bonds. The molecule has 26 heavy (non-hydrogen) atoms. The van der Waals surface area contributed by atoms with Crippen molar-refractivity contribution in [1.82, 2.24) is 14.8 Å². The van der Waals surface area contributed by atoms with Gasteiger partial charge in [0.2, 0.25) is 15.9 Å². The summed E-state index contributed by atoms with van der Waals surface area (Å²) in [6, 6.07) is 3.48. The van der Waals surface area contributed by atoms with E-state index in [2.05, 4.69) is 10.5 Å². The molecule has 1 fully saturated rings. The summed E-state index contributed by atoms with van der Waals surface area (Å²) in [7, 11) is -2.18. The first-order chi connectivity index (χ1) is 12.4. The molecule has 1 saturated heterocycles. The molecule has 0 unspecified atom stereocenters. The Labute approximate surface area is 151 Å². The molecule has 3 rings (SSSR count). The van der Waals surface area contributed by atoms with Gasteiger partial charge in [0, 0.05) is 26.1 Å². The van der Waals surface area contributed by atoms with Crippen LogP contribution in [0.15, 0.2) is 32.2 Å². The topological polar surface area (TPSA) is 106 Å². The van der Waals surface area contributed by atoms with Crippen LogP contribution >= 0.6 is 0 Å². The van der Waals surface area contributed by atoms with Crippen molar-refractivity contribution in [3.63, 3.8) is 0 Å². The number of piperidine rings is 1. The minimum absolute atomic E-state index is 0.0507. The third kappa shape index (κ3) is 3.58. The summed E-state index contributed by atoms with van der Waals surface area (Å²) in [5.74, 6) is 0.528. The van der Waals surface area contributed by atoms with Gasteiger partial charge in [-0.2, -0.15) is 4.31 Å². The van der Waals surface area contributed by atoms with E-state index in [1.54, 1.807) is 32.2 Å². The van der Waals surface area contributed by atoms with Crippen LogP contribution in [0, 0.1) is 12.8 Å². The van der Waals surface area contributed by atoms with Crippen LogP contribution in [0.5, 0.6) is 0 Å². The molecule has 0 saturated carbocycles. The Bertz CT molecular complexity index is 891. The van der Waals surface area contributed by atoms with E-state index >= 15 is 0 Å². The predicted molar refractivity (Wildman–Crippen MR) is 94.4 cm³/mol. The molecule has 1 aliphatic rings. The van der Waals surface area contributed by atoms with E-state index < -0.39 is 10.0 Å². The van der Waals surface area contributed by atoms with Crippen molar-refractivity contribution >= 4 is 28.1 Å². The first-order valence-corrected chi connectivity index (χ1v) is 9.77. The van der Waals surface area contributed by atoms with Gasteiger partial charge in [-0.25, -0.2) is 8.42 Å². The van der Waals surface area contributed by atoms with Crippen LogP contribution in [0.1, 0.15) is 30.1 Å². The number of nitrogens with zero attached hydrogens (tertiary/aromatic N) is 2. The molecule has 8 nitrogen and oxygen atoms in total. The fraction of sp³-hybridized carbons (Fsp3) is 0.412. The highest BCUT2D eigenvalue weighted by Crippen LogP contribution is 2.29. The number of aromatic nitrogens is 1. The number of amides is 1. The summed E-state index contributed by atoms with van der Waals surface area (Å²) in [6.45, 7) is 2.16. The van der Waals surface area contributed by atoms with Gasteiger partial charge >= 0.3 is 0 Å². The van der Waals surface area contributed by atoms with Crippen LogP contribution in [-0.2, 0) is 14.8 Å². The third-order valence-electron chi connectivity index (χ3n) is 4.44. The number of hydrogen-bond donors (Lipinski definition) is 1. The predicted octanol–water partition coefficient (Wildman–Crippen LogP) is 1.89. The molecule has 3 heterocycles. The number of carbonyl (C=O) groups is 1. The fourth-order valence-electron chi connectivity index (χ4n) is 3.03. The summed E-state index contributed by atoms with van der Waals surface area (Å²) in [6.07, 6.45) is 5.65. The lowest BCUT2D eigenvalue weighted by Gasteiger charge is -2.30. The molecule has 9 heteroatoms. The van der Waals surface area contributed by atoms with Crippen LogP contribution in [-0.4, -0.2) is 43.9 Å². The highest BCUT2D eigenvalue weighted by Gasteiger charge is 2.35. The number of carbonyl (C=O) groups excluding carboxylic acids is 1. The van der Waals surface area contributed by atoms with E-state index in [1.807, 2.05) is 0 Å². The Hall–Kier alpha value is -2.39. The summed E-state index contributed by atoms with van der Waals surface area (Å²) in [5, 5.41) is 6.42. The molecular weight excluding hydrogens is 358 g/mol. The lowest BCUT2D eigenvalue weighted by Crippen LogP contribution is -2.42. The van der Waals surface area contributed by atoms with E-state index in [4.69, 9.17) is 8.94 Å². The maximum absolute atomic E-state index is 13.1. The number of furan rings is 1. The van der Waals surface area contributed by atoms with Gasteiger partial charge in [0.1, 0.15) is 11.5 Å². The number of rotatable bonds is 5. The second kappa shape index (κ2) is 7.46. The minimum Gasteiger partial charge on any atom is -0.465 e. The highest BCUT2D eigenvalue weighted by atomic mass is 32.2. The first kappa shape index (κ1) is 18.4. The summed E-state index contributed by atoms with van der Waals surface area (Å²) < 4.78 is 37.9. The van der Waals surface area contributed by atoms with Crippen molar-refractivity contribution in [3.05, 3.63) is 35.6 Å². The Morgan fingerprint density at radius 2 is 2.08 bits per heavy atom. The number of aryl methyl sites for hydroxylation is 1. The van der Waals surface area contributed by atoms with E-state index in [9.17, 15) is 13.2 Å². The first-order valence-electron chi connectivity index (χ1n) is 8.33. The zero-order valence-corrected chi connectivity index (χ0v) is 15.5. The largest absolute Gasteiger partial charge is 0.465 e. The Balaban J connectivity index is 1.82. The SMILES string of the molecule is CNC(=O)C1CCN(S(=O)(=O)c2c(C)noc2/C=C/c2ccco2)CC1. The smallest absolute Gasteiger partial charge is 0.248 e. The van der Waals surface area contributed by atoms with Gasteiger partial charge in [-0.3, -0.25) is 4.79 Å². The molecule has 0 spiro atoms. The molecule has 0 aromatic carbocycles. The second-order valence-corrected chi connectivity index (χ2v) is 7.98. The normalized spacial score (nSPS) is 17.0. The maximum atomic E-state index is 13.1. The van der Waals surface area contributed by atoms with E-state index in [0.29, 0.717) is 24.3 Å². The molecule has 0 radical (unpaired) electrons. The molecule has 0 atom stereocenters. The van der Waals surface area contributed by atoms with Gasteiger partial charge in [0.25, 0.3) is 0 Å².